The topological polar surface area (TPSA) is 104 Å². The van der Waals surface area contributed by atoms with Crippen molar-refractivity contribution in [3.05, 3.63) is 0 Å². The van der Waals surface area contributed by atoms with E-state index in [9.17, 15) is 17.8 Å². The molecule has 0 aliphatic heterocycles. The molecule has 0 spiro atoms. The van der Waals surface area contributed by atoms with E-state index in [2.05, 4.69) is 11.1 Å². The van der Waals surface area contributed by atoms with Crippen molar-refractivity contribution in [2.75, 3.05) is 6.61 Å². The standard InChI is InChI=1S/C13H26O6S.Na/c1-2-3-4-5-6-7-8-9-10-12(13(14)15)11-19-20(16,17)18;/h12H,2-11H2,1H3,(H,14,15)(H,16,17,18);/q;+1/p-1. The third-order valence-corrected chi connectivity index (χ3v) is 3.59. The summed E-state index contributed by atoms with van der Waals surface area (Å²) in [6.45, 7) is 1.59. The molecule has 8 heteroatoms. The van der Waals surface area contributed by atoms with Gasteiger partial charge in [0, 0.05) is 0 Å². The largest absolute Gasteiger partial charge is 1.00 e. The van der Waals surface area contributed by atoms with Gasteiger partial charge in [-0.05, 0) is 6.42 Å². The summed E-state index contributed by atoms with van der Waals surface area (Å²) in [7, 11) is -4.81. The van der Waals surface area contributed by atoms with E-state index in [-0.39, 0.29) is 29.6 Å². The molecule has 1 unspecified atom stereocenters. The van der Waals surface area contributed by atoms with Gasteiger partial charge in [-0.25, -0.2) is 8.42 Å². The number of hydrogen-bond donors (Lipinski definition) is 1. The summed E-state index contributed by atoms with van der Waals surface area (Å²) in [5.41, 5.74) is 0. The van der Waals surface area contributed by atoms with Crippen LogP contribution < -0.4 is 29.6 Å². The SMILES string of the molecule is CCCCCCCCCCC(COS(=O)(=O)[O-])C(=O)O.[Na+]. The van der Waals surface area contributed by atoms with Gasteiger partial charge >= 0.3 is 35.5 Å². The van der Waals surface area contributed by atoms with Crippen LogP contribution >= 0.6 is 0 Å². The van der Waals surface area contributed by atoms with E-state index < -0.39 is 28.9 Å². The zero-order chi connectivity index (χ0) is 15.4. The first-order chi connectivity index (χ1) is 9.37. The molecule has 21 heavy (non-hydrogen) atoms. The van der Waals surface area contributed by atoms with E-state index in [0.29, 0.717) is 12.8 Å². The molecule has 0 aliphatic carbocycles. The van der Waals surface area contributed by atoms with Crippen molar-refractivity contribution in [1.82, 2.24) is 0 Å². The van der Waals surface area contributed by atoms with E-state index in [0.717, 1.165) is 19.3 Å². The average Bonchev–Trinajstić information content (AvgIpc) is 2.34. The molecule has 0 aliphatic rings. The third-order valence-electron chi connectivity index (χ3n) is 3.17. The Morgan fingerprint density at radius 1 is 1.10 bits per heavy atom. The fourth-order valence-electron chi connectivity index (χ4n) is 1.97. The Morgan fingerprint density at radius 2 is 1.57 bits per heavy atom. The van der Waals surface area contributed by atoms with Crippen molar-refractivity contribution in [1.29, 1.82) is 0 Å². The zero-order valence-corrected chi connectivity index (χ0v) is 15.9. The molecule has 1 atom stereocenters. The summed E-state index contributed by atoms with van der Waals surface area (Å²) in [6.07, 6.45) is 9.05. The van der Waals surface area contributed by atoms with Crippen LogP contribution in [-0.4, -0.2) is 30.7 Å². The molecule has 6 nitrogen and oxygen atoms in total. The molecule has 0 saturated carbocycles. The van der Waals surface area contributed by atoms with Crippen LogP contribution in [0.15, 0.2) is 0 Å². The second-order valence-electron chi connectivity index (χ2n) is 4.99. The smallest absolute Gasteiger partial charge is 0.726 e. The Balaban J connectivity index is 0. The summed E-state index contributed by atoms with van der Waals surface area (Å²) >= 11 is 0. The van der Waals surface area contributed by atoms with Crippen molar-refractivity contribution < 1.29 is 56.6 Å². The molecule has 0 aromatic rings. The van der Waals surface area contributed by atoms with Gasteiger partial charge in [0.25, 0.3) is 0 Å². The first-order valence-electron chi connectivity index (χ1n) is 7.20. The van der Waals surface area contributed by atoms with Gasteiger partial charge in [0.15, 0.2) is 0 Å². The minimum absolute atomic E-state index is 0. The summed E-state index contributed by atoms with van der Waals surface area (Å²) in [5.74, 6) is -2.06. The molecule has 0 aromatic heterocycles. The van der Waals surface area contributed by atoms with Gasteiger partial charge < -0.3 is 9.66 Å². The van der Waals surface area contributed by atoms with Gasteiger partial charge in [-0.15, -0.1) is 0 Å². The van der Waals surface area contributed by atoms with Gasteiger partial charge in [-0.3, -0.25) is 8.98 Å². The second kappa shape index (κ2) is 14.0. The van der Waals surface area contributed by atoms with E-state index in [4.69, 9.17) is 5.11 Å². The van der Waals surface area contributed by atoms with Crippen molar-refractivity contribution in [2.45, 2.75) is 64.7 Å². The molecular formula is C13H25NaO6S. The monoisotopic (exact) mass is 332 g/mol. The van der Waals surface area contributed by atoms with Crippen LogP contribution in [0.25, 0.3) is 0 Å². The third kappa shape index (κ3) is 16.5. The Bertz CT molecular complexity index is 358. The van der Waals surface area contributed by atoms with Crippen molar-refractivity contribution >= 4 is 16.4 Å². The molecule has 1 N–H and O–H groups in total. The normalized spacial score (nSPS) is 12.7. The molecule has 0 rings (SSSR count). The second-order valence-corrected chi connectivity index (χ2v) is 6.04. The van der Waals surface area contributed by atoms with Crippen LogP contribution in [0, 0.1) is 5.92 Å². The van der Waals surface area contributed by atoms with E-state index in [1.807, 2.05) is 0 Å². The Morgan fingerprint density at radius 3 is 2.00 bits per heavy atom. The van der Waals surface area contributed by atoms with E-state index in [1.165, 1.54) is 25.7 Å². The van der Waals surface area contributed by atoms with E-state index in [1.54, 1.807) is 0 Å². The fraction of sp³-hybridized carbons (Fsp3) is 0.923. The van der Waals surface area contributed by atoms with E-state index >= 15 is 0 Å². The molecule has 0 fully saturated rings. The van der Waals surface area contributed by atoms with Crippen molar-refractivity contribution in [2.24, 2.45) is 5.92 Å². The number of rotatable bonds is 13. The number of unbranched alkanes of at least 4 members (excludes halogenated alkanes) is 7. The molecule has 0 radical (unpaired) electrons. The van der Waals surface area contributed by atoms with Gasteiger partial charge in [-0.1, -0.05) is 58.3 Å². The van der Waals surface area contributed by atoms with Gasteiger partial charge in [0.2, 0.25) is 10.4 Å². The first-order valence-corrected chi connectivity index (χ1v) is 8.53. The number of hydrogen-bond acceptors (Lipinski definition) is 5. The number of carboxylic acids is 1. The Labute approximate surface area is 149 Å². The molecular weight excluding hydrogens is 307 g/mol. The van der Waals surface area contributed by atoms with Crippen LogP contribution in [0.4, 0.5) is 0 Å². The summed E-state index contributed by atoms with van der Waals surface area (Å²) in [5, 5.41) is 8.89. The van der Waals surface area contributed by atoms with Crippen LogP contribution in [0.1, 0.15) is 64.7 Å². The maximum absolute atomic E-state index is 10.9. The summed E-state index contributed by atoms with van der Waals surface area (Å²) in [4.78, 5) is 10.9. The maximum Gasteiger partial charge on any atom is 1.00 e. The summed E-state index contributed by atoms with van der Waals surface area (Å²) in [6, 6.07) is 0. The molecule has 0 heterocycles. The number of carboxylic acid groups (broad SMARTS) is 1. The van der Waals surface area contributed by atoms with Gasteiger partial charge in [0.05, 0.1) is 12.5 Å². The molecule has 0 bridgehead atoms. The predicted molar refractivity (Wildman–Crippen MR) is 74.0 cm³/mol. The van der Waals surface area contributed by atoms with Crippen LogP contribution in [-0.2, 0) is 19.4 Å². The molecule has 0 saturated heterocycles. The first kappa shape index (κ1) is 23.6. The number of aliphatic carboxylic acids is 1. The zero-order valence-electron chi connectivity index (χ0n) is 13.0. The molecule has 120 valence electrons. The Hall–Kier alpha value is 0.340. The van der Waals surface area contributed by atoms with Crippen molar-refractivity contribution in [3.8, 4) is 0 Å². The van der Waals surface area contributed by atoms with Crippen LogP contribution in [0.2, 0.25) is 0 Å². The minimum Gasteiger partial charge on any atom is -0.726 e. The quantitative estimate of drug-likeness (QED) is 0.215. The van der Waals surface area contributed by atoms with Gasteiger partial charge in [-0.2, -0.15) is 0 Å². The average molecular weight is 332 g/mol. The molecule has 0 amide bonds. The Kier molecular flexibility index (Phi) is 15.7. The summed E-state index contributed by atoms with van der Waals surface area (Å²) < 4.78 is 34.9. The number of carbonyl (C=O) groups is 1. The van der Waals surface area contributed by atoms with Crippen LogP contribution in [0.5, 0.6) is 0 Å². The van der Waals surface area contributed by atoms with Crippen molar-refractivity contribution in [3.63, 3.8) is 0 Å². The van der Waals surface area contributed by atoms with Crippen LogP contribution in [0.3, 0.4) is 0 Å². The fourth-order valence-corrected chi connectivity index (χ4v) is 2.30. The molecule has 0 aromatic carbocycles. The minimum atomic E-state index is -4.81. The van der Waals surface area contributed by atoms with Gasteiger partial charge in [0.1, 0.15) is 0 Å². The maximum atomic E-state index is 10.9. The predicted octanol–water partition coefficient (Wildman–Crippen LogP) is -0.301.